The van der Waals surface area contributed by atoms with Crippen LogP contribution in [-0.4, -0.2) is 39.5 Å². The summed E-state index contributed by atoms with van der Waals surface area (Å²) in [5, 5.41) is 42.2. The number of carbonyl (C=O) groups is 2. The van der Waals surface area contributed by atoms with Gasteiger partial charge in [0.2, 0.25) is 5.79 Å². The van der Waals surface area contributed by atoms with E-state index in [1.54, 1.807) is 0 Å². The molecule has 0 radical (unpaired) electrons. The largest absolute Gasteiger partial charge is 0.508 e. The van der Waals surface area contributed by atoms with Crippen LogP contribution in [0.1, 0.15) is 84.2 Å². The van der Waals surface area contributed by atoms with Gasteiger partial charge in [0.15, 0.2) is 11.5 Å². The van der Waals surface area contributed by atoms with Gasteiger partial charge in [-0.2, -0.15) is 0 Å². The van der Waals surface area contributed by atoms with E-state index in [0.717, 1.165) is 31.4 Å². The van der Waals surface area contributed by atoms with Gasteiger partial charge < -0.3 is 34.6 Å². The Balaban J connectivity index is 2.16. The maximum absolute atomic E-state index is 12.7. The van der Waals surface area contributed by atoms with Crippen LogP contribution in [0.3, 0.4) is 0 Å². The molecule has 1 atom stereocenters. The van der Waals surface area contributed by atoms with Crippen molar-refractivity contribution >= 4 is 11.9 Å². The molecule has 0 aromatic heterocycles. The Kier molecular flexibility index (Phi) is 7.56. The third kappa shape index (κ3) is 4.75. The lowest BCUT2D eigenvalue weighted by Gasteiger charge is -2.22. The molecule has 1 aliphatic heterocycles. The Bertz CT molecular complexity index is 1090. The standard InChI is InChI=1S/C25H30O9/c1-4-6-8-9-15-20(23(29)32-3)17(27)13-18(28)22(15)33-19-12-14(26)11-16-21(19)24(30)34-25(16,31)10-7-5-2/h11-13,26-28,31H,4-10H2,1-3H3/t25-/m0/s1. The van der Waals surface area contributed by atoms with Gasteiger partial charge in [0.05, 0.1) is 7.11 Å². The van der Waals surface area contributed by atoms with Gasteiger partial charge in [-0.1, -0.05) is 33.1 Å². The van der Waals surface area contributed by atoms with E-state index >= 15 is 0 Å². The molecule has 0 amide bonds. The van der Waals surface area contributed by atoms with Gasteiger partial charge in [-0.05, 0) is 25.3 Å². The highest BCUT2D eigenvalue weighted by Gasteiger charge is 2.46. The number of rotatable bonds is 10. The Morgan fingerprint density at radius 1 is 1.03 bits per heavy atom. The SMILES string of the molecule is CCCCCc1c(Oc2cc(O)cc3c2C(=O)O[C@@]3(O)CCCC)c(O)cc(O)c1C(=O)OC. The number of aliphatic hydroxyl groups is 1. The van der Waals surface area contributed by atoms with Crippen LogP contribution in [0.4, 0.5) is 0 Å². The minimum Gasteiger partial charge on any atom is -0.508 e. The summed E-state index contributed by atoms with van der Waals surface area (Å²) in [4.78, 5) is 25.1. The Morgan fingerprint density at radius 3 is 2.38 bits per heavy atom. The zero-order valence-electron chi connectivity index (χ0n) is 19.5. The lowest BCUT2D eigenvalue weighted by molar-refractivity contribution is -0.168. The maximum atomic E-state index is 12.7. The number of methoxy groups -OCH3 is 1. The van der Waals surface area contributed by atoms with Crippen LogP contribution in [0, 0.1) is 0 Å². The summed E-state index contributed by atoms with van der Waals surface area (Å²) in [6.07, 6.45) is 4.03. The first-order valence-corrected chi connectivity index (χ1v) is 11.3. The second-order valence-corrected chi connectivity index (χ2v) is 8.29. The number of hydrogen-bond donors (Lipinski definition) is 4. The molecule has 9 nitrogen and oxygen atoms in total. The van der Waals surface area contributed by atoms with Crippen molar-refractivity contribution in [2.24, 2.45) is 0 Å². The number of unbranched alkanes of at least 4 members (excludes halogenated alkanes) is 3. The van der Waals surface area contributed by atoms with E-state index < -0.39 is 29.2 Å². The predicted octanol–water partition coefficient (Wildman–Crippen LogP) is 4.62. The number of carbonyl (C=O) groups excluding carboxylic acids is 2. The first-order chi connectivity index (χ1) is 16.2. The fraction of sp³-hybridized carbons (Fsp3) is 0.440. The first kappa shape index (κ1) is 25.2. The molecular weight excluding hydrogens is 444 g/mol. The van der Waals surface area contributed by atoms with E-state index in [9.17, 15) is 30.0 Å². The number of cyclic esters (lactones) is 1. The summed E-state index contributed by atoms with van der Waals surface area (Å²) in [6.45, 7) is 3.92. The predicted molar refractivity (Wildman–Crippen MR) is 121 cm³/mol. The van der Waals surface area contributed by atoms with Gasteiger partial charge in [0.25, 0.3) is 0 Å². The Labute approximate surface area is 197 Å². The number of phenols is 3. The first-order valence-electron chi connectivity index (χ1n) is 11.3. The third-order valence-electron chi connectivity index (χ3n) is 5.81. The highest BCUT2D eigenvalue weighted by atomic mass is 16.7. The summed E-state index contributed by atoms with van der Waals surface area (Å²) in [5.41, 5.74) is -0.00400. The number of benzene rings is 2. The topological polar surface area (TPSA) is 143 Å². The second-order valence-electron chi connectivity index (χ2n) is 8.29. The summed E-state index contributed by atoms with van der Waals surface area (Å²) in [7, 11) is 1.17. The average Bonchev–Trinajstić information content (AvgIpc) is 3.04. The van der Waals surface area contributed by atoms with Gasteiger partial charge in [-0.15, -0.1) is 0 Å². The average molecular weight is 475 g/mol. The van der Waals surface area contributed by atoms with Gasteiger partial charge in [0.1, 0.15) is 28.4 Å². The fourth-order valence-corrected chi connectivity index (χ4v) is 4.10. The molecule has 3 rings (SSSR count). The molecule has 0 aliphatic carbocycles. The van der Waals surface area contributed by atoms with Crippen LogP contribution in [0.2, 0.25) is 0 Å². The molecule has 184 valence electrons. The molecule has 9 heteroatoms. The van der Waals surface area contributed by atoms with Crippen molar-refractivity contribution in [1.82, 2.24) is 0 Å². The van der Waals surface area contributed by atoms with Crippen LogP contribution in [0.25, 0.3) is 0 Å². The smallest absolute Gasteiger partial charge is 0.345 e. The molecule has 0 saturated carbocycles. The van der Waals surface area contributed by atoms with Crippen molar-refractivity contribution in [2.45, 2.75) is 64.6 Å². The molecule has 2 aromatic carbocycles. The summed E-state index contributed by atoms with van der Waals surface area (Å²) in [6, 6.07) is 3.34. The fourth-order valence-electron chi connectivity index (χ4n) is 4.10. The number of ether oxygens (including phenoxy) is 3. The van der Waals surface area contributed by atoms with E-state index in [-0.39, 0.29) is 52.3 Å². The molecule has 0 bridgehead atoms. The van der Waals surface area contributed by atoms with Gasteiger partial charge in [0, 0.05) is 29.7 Å². The molecule has 1 aliphatic rings. The molecular formula is C25H30O9. The van der Waals surface area contributed by atoms with Crippen LogP contribution < -0.4 is 4.74 Å². The maximum Gasteiger partial charge on any atom is 0.345 e. The number of aromatic hydroxyl groups is 3. The van der Waals surface area contributed by atoms with Crippen LogP contribution >= 0.6 is 0 Å². The Hall–Kier alpha value is -3.46. The number of esters is 2. The third-order valence-corrected chi connectivity index (χ3v) is 5.81. The molecule has 2 aromatic rings. The number of fused-ring (bicyclic) bond motifs is 1. The van der Waals surface area contributed by atoms with Crippen molar-refractivity contribution < 1.29 is 44.2 Å². The zero-order valence-corrected chi connectivity index (χ0v) is 19.5. The van der Waals surface area contributed by atoms with Crippen LogP contribution in [-0.2, 0) is 21.7 Å². The molecule has 0 saturated heterocycles. The van der Waals surface area contributed by atoms with Crippen molar-refractivity contribution in [1.29, 1.82) is 0 Å². The minimum atomic E-state index is -1.92. The van der Waals surface area contributed by atoms with Crippen molar-refractivity contribution in [2.75, 3.05) is 7.11 Å². The van der Waals surface area contributed by atoms with Crippen LogP contribution in [0.15, 0.2) is 18.2 Å². The lowest BCUT2D eigenvalue weighted by Crippen LogP contribution is -2.25. The quantitative estimate of drug-likeness (QED) is 0.286. The summed E-state index contributed by atoms with van der Waals surface area (Å²) in [5.74, 6) is -5.15. The lowest BCUT2D eigenvalue weighted by atomic mass is 9.96. The zero-order chi connectivity index (χ0) is 25.0. The minimum absolute atomic E-state index is 0.0555. The number of phenolic OH excluding ortho intramolecular Hbond substituents is 3. The van der Waals surface area contributed by atoms with Gasteiger partial charge in [-0.3, -0.25) is 0 Å². The van der Waals surface area contributed by atoms with E-state index in [0.29, 0.717) is 12.8 Å². The van der Waals surface area contributed by atoms with Gasteiger partial charge in [-0.25, -0.2) is 9.59 Å². The monoisotopic (exact) mass is 474 g/mol. The van der Waals surface area contributed by atoms with Crippen molar-refractivity contribution in [3.63, 3.8) is 0 Å². The second kappa shape index (κ2) is 10.2. The molecule has 34 heavy (non-hydrogen) atoms. The molecule has 1 heterocycles. The molecule has 0 spiro atoms. The summed E-state index contributed by atoms with van der Waals surface area (Å²) >= 11 is 0. The highest BCUT2D eigenvalue weighted by molar-refractivity contribution is 5.98. The van der Waals surface area contributed by atoms with E-state index in [1.807, 2.05) is 13.8 Å². The summed E-state index contributed by atoms with van der Waals surface area (Å²) < 4.78 is 16.0. The highest BCUT2D eigenvalue weighted by Crippen LogP contribution is 2.48. The van der Waals surface area contributed by atoms with Crippen LogP contribution in [0.5, 0.6) is 28.7 Å². The van der Waals surface area contributed by atoms with Gasteiger partial charge >= 0.3 is 11.9 Å². The van der Waals surface area contributed by atoms with Crippen molar-refractivity contribution in [3.8, 4) is 28.7 Å². The van der Waals surface area contributed by atoms with E-state index in [2.05, 4.69) is 0 Å². The molecule has 4 N–H and O–H groups in total. The van der Waals surface area contributed by atoms with Crippen molar-refractivity contribution in [3.05, 3.63) is 40.5 Å². The van der Waals surface area contributed by atoms with E-state index in [1.165, 1.54) is 13.2 Å². The molecule has 0 unspecified atom stereocenters. The number of hydrogen-bond acceptors (Lipinski definition) is 9. The van der Waals surface area contributed by atoms with E-state index in [4.69, 9.17) is 14.2 Å². The Morgan fingerprint density at radius 2 is 1.74 bits per heavy atom. The molecule has 0 fully saturated rings. The normalized spacial score (nSPS) is 16.8.